The lowest BCUT2D eigenvalue weighted by Crippen LogP contribution is -2.05. The molecular weight excluding hydrogens is 312 g/mol. The van der Waals surface area contributed by atoms with Crippen molar-refractivity contribution in [3.05, 3.63) is 41.3 Å². The standard InChI is InChI=1S/C19H22N6/c1-6-20-17-9-11(2)21-19-18(13(4)23-25(17)19)14-7-8-16-15(10-14)12(3)22-24(16)5/h7-10,20H,6H2,1-5H3. The quantitative estimate of drug-likeness (QED) is 0.621. The van der Waals surface area contributed by atoms with Crippen molar-refractivity contribution in [1.29, 1.82) is 0 Å². The number of nitrogens with one attached hydrogen (secondary N) is 1. The van der Waals surface area contributed by atoms with Crippen LogP contribution in [0.25, 0.3) is 27.7 Å². The Morgan fingerprint density at radius 1 is 1.04 bits per heavy atom. The van der Waals surface area contributed by atoms with Gasteiger partial charge in [-0.25, -0.2) is 4.98 Å². The van der Waals surface area contributed by atoms with Gasteiger partial charge in [0.25, 0.3) is 0 Å². The van der Waals surface area contributed by atoms with Gasteiger partial charge in [-0.3, -0.25) is 4.68 Å². The van der Waals surface area contributed by atoms with E-state index in [0.717, 1.165) is 51.7 Å². The molecule has 25 heavy (non-hydrogen) atoms. The molecule has 0 aliphatic heterocycles. The van der Waals surface area contributed by atoms with E-state index in [4.69, 9.17) is 10.1 Å². The Bertz CT molecular complexity index is 1100. The SMILES string of the molecule is CCNc1cc(C)nc2c(-c3ccc4c(c3)c(C)nn4C)c(C)nn12. The van der Waals surface area contributed by atoms with Crippen LogP contribution in [0.15, 0.2) is 24.3 Å². The Kier molecular flexibility index (Phi) is 3.49. The van der Waals surface area contributed by atoms with Crippen LogP contribution in [-0.4, -0.2) is 30.9 Å². The minimum Gasteiger partial charge on any atom is -0.370 e. The predicted octanol–water partition coefficient (Wildman–Crippen LogP) is 3.64. The summed E-state index contributed by atoms with van der Waals surface area (Å²) >= 11 is 0. The number of fused-ring (bicyclic) bond motifs is 2. The Balaban J connectivity index is 2.00. The van der Waals surface area contributed by atoms with Crippen molar-refractivity contribution in [3.63, 3.8) is 0 Å². The van der Waals surface area contributed by atoms with Crippen LogP contribution in [0, 0.1) is 20.8 Å². The molecule has 0 spiro atoms. The van der Waals surface area contributed by atoms with Crippen molar-refractivity contribution in [3.8, 4) is 11.1 Å². The first kappa shape index (κ1) is 15.6. The van der Waals surface area contributed by atoms with Gasteiger partial charge < -0.3 is 5.32 Å². The van der Waals surface area contributed by atoms with Crippen LogP contribution in [0.1, 0.15) is 24.0 Å². The van der Waals surface area contributed by atoms with Gasteiger partial charge in [-0.2, -0.15) is 14.7 Å². The molecular formula is C19H22N6. The third kappa shape index (κ3) is 2.36. The minimum absolute atomic E-state index is 0.841. The zero-order valence-electron chi connectivity index (χ0n) is 15.3. The van der Waals surface area contributed by atoms with Crippen LogP contribution >= 0.6 is 0 Å². The normalized spacial score (nSPS) is 11.6. The molecule has 6 heteroatoms. The number of nitrogens with zero attached hydrogens (tertiary/aromatic N) is 5. The summed E-state index contributed by atoms with van der Waals surface area (Å²) in [4.78, 5) is 4.76. The molecule has 0 amide bonds. The second-order valence-corrected chi connectivity index (χ2v) is 6.45. The summed E-state index contributed by atoms with van der Waals surface area (Å²) in [6.45, 7) is 9.02. The highest BCUT2D eigenvalue weighted by atomic mass is 15.3. The van der Waals surface area contributed by atoms with Crippen molar-refractivity contribution in [1.82, 2.24) is 24.4 Å². The van der Waals surface area contributed by atoms with Gasteiger partial charge in [0, 0.05) is 36.3 Å². The molecule has 0 fully saturated rings. The summed E-state index contributed by atoms with van der Waals surface area (Å²) in [6, 6.07) is 8.47. The van der Waals surface area contributed by atoms with E-state index in [-0.39, 0.29) is 0 Å². The molecule has 0 saturated heterocycles. The molecule has 0 aliphatic carbocycles. The Morgan fingerprint density at radius 3 is 2.60 bits per heavy atom. The average molecular weight is 334 g/mol. The lowest BCUT2D eigenvalue weighted by atomic mass is 10.0. The van der Waals surface area contributed by atoms with E-state index >= 15 is 0 Å². The highest BCUT2D eigenvalue weighted by Crippen LogP contribution is 2.32. The summed E-state index contributed by atoms with van der Waals surface area (Å²) in [7, 11) is 1.98. The molecule has 3 aromatic heterocycles. The molecule has 0 radical (unpaired) electrons. The fourth-order valence-electron chi connectivity index (χ4n) is 3.49. The highest BCUT2D eigenvalue weighted by Gasteiger charge is 2.17. The molecule has 0 unspecified atom stereocenters. The number of benzene rings is 1. The Labute approximate surface area is 146 Å². The molecule has 1 N–H and O–H groups in total. The van der Waals surface area contributed by atoms with E-state index in [0.29, 0.717) is 0 Å². The van der Waals surface area contributed by atoms with Crippen LogP contribution < -0.4 is 5.32 Å². The molecule has 1 aromatic carbocycles. The molecule has 0 bridgehead atoms. The van der Waals surface area contributed by atoms with Crippen molar-refractivity contribution in [2.24, 2.45) is 7.05 Å². The average Bonchev–Trinajstić information content (AvgIpc) is 3.04. The Hall–Kier alpha value is -2.89. The van der Waals surface area contributed by atoms with Crippen LogP contribution in [-0.2, 0) is 7.05 Å². The number of hydrogen-bond donors (Lipinski definition) is 1. The van der Waals surface area contributed by atoms with E-state index in [2.05, 4.69) is 35.5 Å². The third-order valence-electron chi connectivity index (χ3n) is 4.57. The second-order valence-electron chi connectivity index (χ2n) is 6.45. The van der Waals surface area contributed by atoms with Crippen LogP contribution in [0.4, 0.5) is 5.82 Å². The van der Waals surface area contributed by atoms with E-state index in [1.54, 1.807) is 0 Å². The van der Waals surface area contributed by atoms with Crippen molar-refractivity contribution < 1.29 is 0 Å². The Morgan fingerprint density at radius 2 is 1.84 bits per heavy atom. The summed E-state index contributed by atoms with van der Waals surface area (Å²) in [6.07, 6.45) is 0. The summed E-state index contributed by atoms with van der Waals surface area (Å²) in [5, 5.41) is 13.8. The van der Waals surface area contributed by atoms with E-state index < -0.39 is 0 Å². The number of aromatic nitrogens is 5. The smallest absolute Gasteiger partial charge is 0.165 e. The highest BCUT2D eigenvalue weighted by molar-refractivity contribution is 5.90. The summed E-state index contributed by atoms with van der Waals surface area (Å²) < 4.78 is 3.82. The van der Waals surface area contributed by atoms with Gasteiger partial charge in [0.05, 0.1) is 16.9 Å². The lowest BCUT2D eigenvalue weighted by Gasteiger charge is -2.08. The molecule has 0 aliphatic rings. The van der Waals surface area contributed by atoms with Crippen LogP contribution in [0.5, 0.6) is 0 Å². The monoisotopic (exact) mass is 334 g/mol. The first-order chi connectivity index (χ1) is 12.0. The first-order valence-corrected chi connectivity index (χ1v) is 8.54. The summed E-state index contributed by atoms with van der Waals surface area (Å²) in [5.41, 5.74) is 7.19. The van der Waals surface area contributed by atoms with Gasteiger partial charge in [-0.1, -0.05) is 6.07 Å². The van der Waals surface area contributed by atoms with Crippen molar-refractivity contribution >= 4 is 22.4 Å². The third-order valence-corrected chi connectivity index (χ3v) is 4.57. The van der Waals surface area contributed by atoms with Gasteiger partial charge in [0.15, 0.2) is 5.65 Å². The van der Waals surface area contributed by atoms with E-state index in [1.165, 1.54) is 5.39 Å². The first-order valence-electron chi connectivity index (χ1n) is 8.54. The van der Waals surface area contributed by atoms with Crippen LogP contribution in [0.2, 0.25) is 0 Å². The zero-order chi connectivity index (χ0) is 17.7. The van der Waals surface area contributed by atoms with Crippen LogP contribution in [0.3, 0.4) is 0 Å². The summed E-state index contributed by atoms with van der Waals surface area (Å²) in [5.74, 6) is 0.970. The maximum absolute atomic E-state index is 4.76. The van der Waals surface area contributed by atoms with Crippen molar-refractivity contribution in [2.45, 2.75) is 27.7 Å². The zero-order valence-corrected chi connectivity index (χ0v) is 15.3. The second kappa shape index (κ2) is 5.58. The maximum atomic E-state index is 4.76. The molecule has 6 nitrogen and oxygen atoms in total. The fourth-order valence-corrected chi connectivity index (χ4v) is 3.49. The van der Waals surface area contributed by atoms with Gasteiger partial charge in [-0.05, 0) is 45.4 Å². The lowest BCUT2D eigenvalue weighted by molar-refractivity contribution is 0.783. The largest absolute Gasteiger partial charge is 0.370 e. The number of anilines is 1. The topological polar surface area (TPSA) is 60.0 Å². The number of hydrogen-bond acceptors (Lipinski definition) is 4. The molecule has 3 heterocycles. The predicted molar refractivity (Wildman–Crippen MR) is 101 cm³/mol. The van der Waals surface area contributed by atoms with Gasteiger partial charge in [0.2, 0.25) is 0 Å². The minimum atomic E-state index is 0.841. The van der Waals surface area contributed by atoms with E-state index in [9.17, 15) is 0 Å². The molecule has 0 atom stereocenters. The number of rotatable bonds is 3. The van der Waals surface area contributed by atoms with Gasteiger partial charge >= 0.3 is 0 Å². The van der Waals surface area contributed by atoms with E-state index in [1.807, 2.05) is 43.1 Å². The number of aryl methyl sites for hydroxylation is 4. The molecule has 4 aromatic rings. The van der Waals surface area contributed by atoms with Gasteiger partial charge in [0.1, 0.15) is 5.82 Å². The maximum Gasteiger partial charge on any atom is 0.165 e. The fraction of sp³-hybridized carbons (Fsp3) is 0.316. The molecule has 128 valence electrons. The van der Waals surface area contributed by atoms with Crippen molar-refractivity contribution in [2.75, 3.05) is 11.9 Å². The van der Waals surface area contributed by atoms with Gasteiger partial charge in [-0.15, -0.1) is 0 Å². The molecule has 4 rings (SSSR count). The molecule has 0 saturated carbocycles.